The summed E-state index contributed by atoms with van der Waals surface area (Å²) in [4.78, 5) is 3.66. The summed E-state index contributed by atoms with van der Waals surface area (Å²) < 4.78 is 0. The molecule has 2 nitrogen and oxygen atoms in total. The molecule has 0 aromatic heterocycles. The van der Waals surface area contributed by atoms with E-state index in [1.165, 1.54) is 25.7 Å². The standard InChI is InChI=1S/C14H20N2/c1-16-14-8-6-13(7-9-14)12-4-2-11(10-15)3-5-12/h11-14H,2-9H2. The van der Waals surface area contributed by atoms with E-state index in [1.807, 2.05) is 0 Å². The highest BCUT2D eigenvalue weighted by molar-refractivity contribution is 4.91. The third-order valence-electron chi connectivity index (χ3n) is 4.55. The molecule has 2 aliphatic carbocycles. The Bertz CT molecular complexity index is 262. The molecule has 0 heterocycles. The summed E-state index contributed by atoms with van der Waals surface area (Å²) in [5, 5.41) is 8.87. The highest BCUT2D eigenvalue weighted by Gasteiger charge is 2.32. The van der Waals surface area contributed by atoms with Crippen LogP contribution in [0, 0.1) is 35.7 Å². The summed E-state index contributed by atoms with van der Waals surface area (Å²) in [7, 11) is 0. The van der Waals surface area contributed by atoms with Crippen molar-refractivity contribution in [3.63, 3.8) is 0 Å². The van der Waals surface area contributed by atoms with E-state index in [-0.39, 0.29) is 0 Å². The van der Waals surface area contributed by atoms with Crippen molar-refractivity contribution in [1.29, 1.82) is 5.26 Å². The molecule has 0 amide bonds. The minimum atomic E-state index is 0.312. The first-order valence-electron chi connectivity index (χ1n) is 6.59. The SMILES string of the molecule is [C-]#[N+]C1CCC(C2CCC(C#N)CC2)CC1. The third-order valence-corrected chi connectivity index (χ3v) is 4.55. The van der Waals surface area contributed by atoms with Gasteiger partial charge in [0.25, 0.3) is 0 Å². The predicted octanol–water partition coefficient (Wildman–Crippen LogP) is 3.79. The van der Waals surface area contributed by atoms with Gasteiger partial charge in [-0.15, -0.1) is 0 Å². The summed E-state index contributed by atoms with van der Waals surface area (Å²) in [5.41, 5.74) is 0. The van der Waals surface area contributed by atoms with Crippen LogP contribution in [-0.4, -0.2) is 6.04 Å². The Balaban J connectivity index is 1.79. The summed E-state index contributed by atoms with van der Waals surface area (Å²) in [6.45, 7) is 7.05. The quantitative estimate of drug-likeness (QED) is 0.613. The van der Waals surface area contributed by atoms with Gasteiger partial charge in [0, 0.05) is 18.8 Å². The van der Waals surface area contributed by atoms with Crippen molar-refractivity contribution >= 4 is 0 Å². The van der Waals surface area contributed by atoms with Gasteiger partial charge in [-0.2, -0.15) is 5.26 Å². The Morgan fingerprint density at radius 2 is 1.38 bits per heavy atom. The lowest BCUT2D eigenvalue weighted by atomic mass is 9.70. The maximum atomic E-state index is 8.87. The zero-order valence-corrected chi connectivity index (χ0v) is 9.86. The van der Waals surface area contributed by atoms with Crippen LogP contribution in [-0.2, 0) is 0 Å². The van der Waals surface area contributed by atoms with Crippen molar-refractivity contribution in [3.8, 4) is 6.07 Å². The average Bonchev–Trinajstić information content (AvgIpc) is 2.39. The lowest BCUT2D eigenvalue weighted by molar-refractivity contribution is 0.179. The zero-order chi connectivity index (χ0) is 11.4. The average molecular weight is 216 g/mol. The molecular formula is C14H20N2. The molecule has 0 bridgehead atoms. The first-order valence-corrected chi connectivity index (χ1v) is 6.59. The lowest BCUT2D eigenvalue weighted by Crippen LogP contribution is -2.26. The minimum absolute atomic E-state index is 0.312. The second-order valence-electron chi connectivity index (χ2n) is 5.44. The van der Waals surface area contributed by atoms with Crippen LogP contribution in [0.1, 0.15) is 51.4 Å². The van der Waals surface area contributed by atoms with Gasteiger partial charge in [0.1, 0.15) is 0 Å². The maximum Gasteiger partial charge on any atom is 0.223 e. The second kappa shape index (κ2) is 5.35. The largest absolute Gasteiger partial charge is 0.314 e. The predicted molar refractivity (Wildman–Crippen MR) is 63.4 cm³/mol. The molecule has 0 aromatic rings. The van der Waals surface area contributed by atoms with E-state index in [4.69, 9.17) is 11.8 Å². The van der Waals surface area contributed by atoms with Crippen LogP contribution < -0.4 is 0 Å². The molecule has 0 radical (unpaired) electrons. The summed E-state index contributed by atoms with van der Waals surface area (Å²) in [6, 6.07) is 2.72. The van der Waals surface area contributed by atoms with Gasteiger partial charge in [-0.05, 0) is 50.4 Å². The molecule has 2 rings (SSSR count). The van der Waals surface area contributed by atoms with Gasteiger partial charge in [-0.3, -0.25) is 0 Å². The Labute approximate surface area is 98.5 Å². The summed E-state index contributed by atoms with van der Waals surface area (Å²) in [6.07, 6.45) is 9.49. The summed E-state index contributed by atoms with van der Waals surface area (Å²) >= 11 is 0. The van der Waals surface area contributed by atoms with E-state index in [9.17, 15) is 0 Å². The summed E-state index contributed by atoms with van der Waals surface area (Å²) in [5.74, 6) is 2.05. The monoisotopic (exact) mass is 216 g/mol. The lowest BCUT2D eigenvalue weighted by Gasteiger charge is -2.34. The van der Waals surface area contributed by atoms with Gasteiger partial charge < -0.3 is 4.85 Å². The zero-order valence-electron chi connectivity index (χ0n) is 9.86. The van der Waals surface area contributed by atoms with Crippen molar-refractivity contribution < 1.29 is 0 Å². The molecule has 0 N–H and O–H groups in total. The molecule has 2 saturated carbocycles. The fourth-order valence-electron chi connectivity index (χ4n) is 3.42. The van der Waals surface area contributed by atoms with Crippen molar-refractivity contribution in [3.05, 3.63) is 11.4 Å². The molecule has 0 aromatic carbocycles. The normalized spacial score (nSPS) is 39.6. The van der Waals surface area contributed by atoms with E-state index in [0.717, 1.165) is 37.5 Å². The minimum Gasteiger partial charge on any atom is -0.314 e. The van der Waals surface area contributed by atoms with Crippen LogP contribution in [0.4, 0.5) is 0 Å². The second-order valence-corrected chi connectivity index (χ2v) is 5.44. The van der Waals surface area contributed by atoms with E-state index in [0.29, 0.717) is 12.0 Å². The Morgan fingerprint density at radius 3 is 1.81 bits per heavy atom. The molecule has 86 valence electrons. The van der Waals surface area contributed by atoms with Gasteiger partial charge in [-0.1, -0.05) is 0 Å². The highest BCUT2D eigenvalue weighted by Crippen LogP contribution is 2.40. The molecule has 16 heavy (non-hydrogen) atoms. The molecule has 0 saturated heterocycles. The number of rotatable bonds is 1. The molecule has 0 spiro atoms. The van der Waals surface area contributed by atoms with Crippen LogP contribution in [0.3, 0.4) is 0 Å². The van der Waals surface area contributed by atoms with E-state index in [1.54, 1.807) is 0 Å². The van der Waals surface area contributed by atoms with Gasteiger partial charge in [-0.25, -0.2) is 6.57 Å². The van der Waals surface area contributed by atoms with E-state index < -0.39 is 0 Å². The van der Waals surface area contributed by atoms with Gasteiger partial charge >= 0.3 is 0 Å². The number of nitriles is 1. The number of nitrogens with zero attached hydrogens (tertiary/aromatic N) is 2. The van der Waals surface area contributed by atoms with Crippen LogP contribution in [0.2, 0.25) is 0 Å². The first kappa shape index (κ1) is 11.5. The van der Waals surface area contributed by atoms with Crippen molar-refractivity contribution in [2.75, 3.05) is 0 Å². The van der Waals surface area contributed by atoms with E-state index in [2.05, 4.69) is 10.9 Å². The van der Waals surface area contributed by atoms with Gasteiger partial charge in [0.15, 0.2) is 0 Å². The number of hydrogen-bond donors (Lipinski definition) is 0. The number of hydrogen-bond acceptors (Lipinski definition) is 1. The van der Waals surface area contributed by atoms with Crippen LogP contribution in [0.5, 0.6) is 0 Å². The Morgan fingerprint density at radius 1 is 0.875 bits per heavy atom. The third kappa shape index (κ3) is 2.56. The van der Waals surface area contributed by atoms with Crippen LogP contribution in [0.25, 0.3) is 4.85 Å². The highest BCUT2D eigenvalue weighted by atomic mass is 14.7. The molecule has 2 aliphatic rings. The molecule has 2 heteroatoms. The first-order chi connectivity index (χ1) is 7.83. The van der Waals surface area contributed by atoms with Crippen LogP contribution in [0.15, 0.2) is 0 Å². The molecular weight excluding hydrogens is 196 g/mol. The van der Waals surface area contributed by atoms with Crippen molar-refractivity contribution in [2.45, 2.75) is 57.4 Å². The Kier molecular flexibility index (Phi) is 3.83. The fraction of sp³-hybridized carbons (Fsp3) is 0.857. The molecule has 0 atom stereocenters. The van der Waals surface area contributed by atoms with Crippen molar-refractivity contribution in [2.24, 2.45) is 17.8 Å². The molecule has 0 unspecified atom stereocenters. The smallest absolute Gasteiger partial charge is 0.223 e. The fourth-order valence-corrected chi connectivity index (χ4v) is 3.42. The molecule has 2 fully saturated rings. The molecule has 0 aliphatic heterocycles. The maximum absolute atomic E-state index is 8.87. The van der Waals surface area contributed by atoms with Crippen molar-refractivity contribution in [1.82, 2.24) is 0 Å². The van der Waals surface area contributed by atoms with Gasteiger partial charge in [0.05, 0.1) is 6.07 Å². The van der Waals surface area contributed by atoms with Crippen LogP contribution >= 0.6 is 0 Å². The topological polar surface area (TPSA) is 28.1 Å². The van der Waals surface area contributed by atoms with Gasteiger partial charge in [0.2, 0.25) is 6.04 Å². The Hall–Kier alpha value is -1.02. The van der Waals surface area contributed by atoms with E-state index >= 15 is 0 Å².